The van der Waals surface area contributed by atoms with Crippen molar-refractivity contribution in [2.45, 2.75) is 25.8 Å². The number of aromatic nitrogens is 4. The van der Waals surface area contributed by atoms with E-state index in [1.807, 2.05) is 10.6 Å². The molecule has 5 heteroatoms. The van der Waals surface area contributed by atoms with Crippen LogP contribution in [0.4, 0.5) is 5.82 Å². The summed E-state index contributed by atoms with van der Waals surface area (Å²) >= 11 is 0. The molecule has 0 amide bonds. The molecule has 0 aliphatic carbocycles. The number of hydrogen-bond donors (Lipinski definition) is 0. The summed E-state index contributed by atoms with van der Waals surface area (Å²) in [6, 6.07) is 2.59. The van der Waals surface area contributed by atoms with Crippen LogP contribution < -0.4 is 4.90 Å². The standard InChI is InChI=1S/C10H13N5/c1-8-3-2-6-14(8)9-4-5-11-10-12-7-13-15(9)10/h4-5,7-8H,2-3,6H2,1H3/t8-/m1/s1. The predicted octanol–water partition coefficient (Wildman–Crippen LogP) is 1.11. The van der Waals surface area contributed by atoms with Crippen LogP contribution in [0.2, 0.25) is 0 Å². The molecule has 1 aliphatic heterocycles. The molecule has 0 N–H and O–H groups in total. The average molecular weight is 203 g/mol. The zero-order valence-corrected chi connectivity index (χ0v) is 8.67. The zero-order valence-electron chi connectivity index (χ0n) is 8.67. The molecule has 0 bridgehead atoms. The van der Waals surface area contributed by atoms with Crippen LogP contribution in [0.25, 0.3) is 5.78 Å². The molecule has 2 aromatic rings. The first-order valence-electron chi connectivity index (χ1n) is 5.27. The number of rotatable bonds is 1. The van der Waals surface area contributed by atoms with Gasteiger partial charge in [0.15, 0.2) is 0 Å². The third-order valence-electron chi connectivity index (χ3n) is 3.01. The van der Waals surface area contributed by atoms with Crippen molar-refractivity contribution in [3.63, 3.8) is 0 Å². The Balaban J connectivity index is 2.13. The topological polar surface area (TPSA) is 46.3 Å². The van der Waals surface area contributed by atoms with Gasteiger partial charge in [-0.05, 0) is 25.8 Å². The Morgan fingerprint density at radius 3 is 3.13 bits per heavy atom. The van der Waals surface area contributed by atoms with Crippen molar-refractivity contribution >= 4 is 11.6 Å². The molecule has 78 valence electrons. The van der Waals surface area contributed by atoms with Gasteiger partial charge in [0.25, 0.3) is 5.78 Å². The Labute approximate surface area is 87.8 Å². The molecule has 3 heterocycles. The van der Waals surface area contributed by atoms with Crippen LogP contribution in [-0.4, -0.2) is 32.2 Å². The maximum atomic E-state index is 4.20. The van der Waals surface area contributed by atoms with E-state index in [1.165, 1.54) is 12.8 Å². The first kappa shape index (κ1) is 8.64. The van der Waals surface area contributed by atoms with Gasteiger partial charge in [-0.3, -0.25) is 0 Å². The molecule has 0 radical (unpaired) electrons. The molecule has 0 spiro atoms. The molecular weight excluding hydrogens is 190 g/mol. The molecule has 15 heavy (non-hydrogen) atoms. The molecule has 1 atom stereocenters. The first-order valence-corrected chi connectivity index (χ1v) is 5.27. The van der Waals surface area contributed by atoms with Crippen LogP contribution in [0.15, 0.2) is 18.6 Å². The van der Waals surface area contributed by atoms with Crippen molar-refractivity contribution in [2.75, 3.05) is 11.4 Å². The fourth-order valence-corrected chi connectivity index (χ4v) is 2.22. The Bertz CT molecular complexity index is 477. The van der Waals surface area contributed by atoms with E-state index in [2.05, 4.69) is 26.9 Å². The summed E-state index contributed by atoms with van der Waals surface area (Å²) in [7, 11) is 0. The van der Waals surface area contributed by atoms with Crippen molar-refractivity contribution < 1.29 is 0 Å². The summed E-state index contributed by atoms with van der Waals surface area (Å²) in [6.45, 7) is 3.34. The van der Waals surface area contributed by atoms with Gasteiger partial charge in [0, 0.05) is 18.8 Å². The Hall–Kier alpha value is -1.65. The summed E-state index contributed by atoms with van der Waals surface area (Å²) < 4.78 is 1.81. The fourth-order valence-electron chi connectivity index (χ4n) is 2.22. The molecule has 2 aromatic heterocycles. The highest BCUT2D eigenvalue weighted by molar-refractivity contribution is 5.46. The number of hydrogen-bond acceptors (Lipinski definition) is 4. The molecule has 0 aromatic carbocycles. The van der Waals surface area contributed by atoms with Gasteiger partial charge in [0.2, 0.25) is 0 Å². The lowest BCUT2D eigenvalue weighted by Crippen LogP contribution is -2.28. The molecular formula is C10H13N5. The minimum Gasteiger partial charge on any atom is -0.354 e. The van der Waals surface area contributed by atoms with Gasteiger partial charge in [-0.15, -0.1) is 0 Å². The lowest BCUT2D eigenvalue weighted by Gasteiger charge is -2.23. The van der Waals surface area contributed by atoms with E-state index >= 15 is 0 Å². The Kier molecular flexibility index (Phi) is 1.83. The largest absolute Gasteiger partial charge is 0.354 e. The van der Waals surface area contributed by atoms with E-state index in [9.17, 15) is 0 Å². The van der Waals surface area contributed by atoms with E-state index in [-0.39, 0.29) is 0 Å². The van der Waals surface area contributed by atoms with Crippen molar-refractivity contribution in [2.24, 2.45) is 0 Å². The third-order valence-corrected chi connectivity index (χ3v) is 3.01. The smallest absolute Gasteiger partial charge is 0.254 e. The second-order valence-electron chi connectivity index (χ2n) is 3.96. The molecule has 1 saturated heterocycles. The lowest BCUT2D eigenvalue weighted by atomic mass is 10.2. The predicted molar refractivity (Wildman–Crippen MR) is 56.8 cm³/mol. The molecule has 1 aliphatic rings. The van der Waals surface area contributed by atoms with E-state index in [4.69, 9.17) is 0 Å². The SMILES string of the molecule is C[C@@H]1CCCN1c1ccnc2ncnn12. The van der Waals surface area contributed by atoms with Gasteiger partial charge in [-0.2, -0.15) is 14.6 Å². The summed E-state index contributed by atoms with van der Waals surface area (Å²) in [5.74, 6) is 1.77. The van der Waals surface area contributed by atoms with Gasteiger partial charge >= 0.3 is 0 Å². The highest BCUT2D eigenvalue weighted by atomic mass is 15.4. The second kappa shape index (κ2) is 3.18. The molecule has 0 unspecified atom stereocenters. The molecule has 1 fully saturated rings. The second-order valence-corrected chi connectivity index (χ2v) is 3.96. The van der Waals surface area contributed by atoms with Crippen LogP contribution in [0.3, 0.4) is 0 Å². The van der Waals surface area contributed by atoms with E-state index in [0.29, 0.717) is 11.8 Å². The minimum absolute atomic E-state index is 0.583. The summed E-state index contributed by atoms with van der Waals surface area (Å²) in [5.41, 5.74) is 0. The average Bonchev–Trinajstić information content (AvgIpc) is 2.85. The Morgan fingerprint density at radius 2 is 2.33 bits per heavy atom. The van der Waals surface area contributed by atoms with E-state index in [0.717, 1.165) is 12.4 Å². The first-order chi connectivity index (χ1) is 7.36. The van der Waals surface area contributed by atoms with E-state index in [1.54, 1.807) is 12.5 Å². The van der Waals surface area contributed by atoms with Crippen molar-refractivity contribution in [3.8, 4) is 0 Å². The third kappa shape index (κ3) is 1.26. The minimum atomic E-state index is 0.583. The van der Waals surface area contributed by atoms with Gasteiger partial charge in [-0.1, -0.05) is 0 Å². The lowest BCUT2D eigenvalue weighted by molar-refractivity contribution is 0.712. The van der Waals surface area contributed by atoms with Gasteiger partial charge in [0.1, 0.15) is 12.1 Å². The number of anilines is 1. The van der Waals surface area contributed by atoms with E-state index < -0.39 is 0 Å². The van der Waals surface area contributed by atoms with Crippen LogP contribution in [-0.2, 0) is 0 Å². The zero-order chi connectivity index (χ0) is 10.3. The fraction of sp³-hybridized carbons (Fsp3) is 0.500. The summed E-state index contributed by atoms with van der Waals surface area (Å²) in [6.07, 6.45) is 5.84. The molecule has 5 nitrogen and oxygen atoms in total. The highest BCUT2D eigenvalue weighted by Gasteiger charge is 2.22. The van der Waals surface area contributed by atoms with Gasteiger partial charge < -0.3 is 4.90 Å². The van der Waals surface area contributed by atoms with Crippen LogP contribution in [0.1, 0.15) is 19.8 Å². The maximum absolute atomic E-state index is 4.20. The Morgan fingerprint density at radius 1 is 1.40 bits per heavy atom. The highest BCUT2D eigenvalue weighted by Crippen LogP contribution is 2.24. The van der Waals surface area contributed by atoms with Crippen LogP contribution >= 0.6 is 0 Å². The summed E-state index contributed by atoms with van der Waals surface area (Å²) in [5, 5.41) is 4.20. The normalized spacial score (nSPS) is 21.4. The van der Waals surface area contributed by atoms with Crippen molar-refractivity contribution in [1.29, 1.82) is 0 Å². The molecule has 0 saturated carbocycles. The maximum Gasteiger partial charge on any atom is 0.254 e. The van der Waals surface area contributed by atoms with Gasteiger partial charge in [0.05, 0.1) is 0 Å². The van der Waals surface area contributed by atoms with Crippen molar-refractivity contribution in [3.05, 3.63) is 18.6 Å². The monoisotopic (exact) mass is 203 g/mol. The van der Waals surface area contributed by atoms with Gasteiger partial charge in [-0.25, -0.2) is 4.98 Å². The molecule has 3 rings (SSSR count). The number of nitrogens with zero attached hydrogens (tertiary/aromatic N) is 5. The van der Waals surface area contributed by atoms with Crippen molar-refractivity contribution in [1.82, 2.24) is 19.6 Å². The van der Waals surface area contributed by atoms with Crippen LogP contribution in [0.5, 0.6) is 0 Å². The quantitative estimate of drug-likeness (QED) is 0.696. The number of fused-ring (bicyclic) bond motifs is 1. The van der Waals surface area contributed by atoms with Crippen LogP contribution in [0, 0.1) is 0 Å². The summed E-state index contributed by atoms with van der Waals surface area (Å²) in [4.78, 5) is 10.6.